The molecule has 0 aliphatic heterocycles. The van der Waals surface area contributed by atoms with Crippen LogP contribution < -0.4 is 9.47 Å². The van der Waals surface area contributed by atoms with Crippen LogP contribution in [0, 0.1) is 0 Å². The Hall–Kier alpha value is -4.37. The highest BCUT2D eigenvalue weighted by molar-refractivity contribution is 6.09. The fourth-order valence-electron chi connectivity index (χ4n) is 3.51. The summed E-state index contributed by atoms with van der Waals surface area (Å²) in [4.78, 5) is 12.9. The van der Waals surface area contributed by atoms with Crippen LogP contribution in [0.5, 0.6) is 23.0 Å². The van der Waals surface area contributed by atoms with Gasteiger partial charge in [-0.2, -0.15) is 0 Å². The third-order valence-corrected chi connectivity index (χ3v) is 5.31. The zero-order valence-electron chi connectivity index (χ0n) is 18.9. The molecule has 0 aliphatic rings. The fourth-order valence-corrected chi connectivity index (χ4v) is 3.51. The van der Waals surface area contributed by atoms with Gasteiger partial charge < -0.3 is 9.47 Å². The maximum Gasteiger partial charge on any atom is 0.193 e. The average Bonchev–Trinajstić information content (AvgIpc) is 2.87. The summed E-state index contributed by atoms with van der Waals surface area (Å²) in [6.45, 7) is 7.50. The van der Waals surface area contributed by atoms with Crippen LogP contribution in [0.3, 0.4) is 0 Å². The van der Waals surface area contributed by atoms with Crippen LogP contribution in [-0.2, 0) is 12.8 Å². The minimum Gasteiger partial charge on any atom is -0.457 e. The van der Waals surface area contributed by atoms with Crippen molar-refractivity contribution in [2.24, 2.45) is 0 Å². The lowest BCUT2D eigenvalue weighted by molar-refractivity contribution is 0.103. The molecule has 0 aliphatic carbocycles. The van der Waals surface area contributed by atoms with Crippen molar-refractivity contribution in [1.29, 1.82) is 0 Å². The van der Waals surface area contributed by atoms with Crippen molar-refractivity contribution in [2.75, 3.05) is 0 Å². The van der Waals surface area contributed by atoms with E-state index in [0.717, 1.165) is 24.3 Å². The topological polar surface area (TPSA) is 35.5 Å². The second kappa shape index (κ2) is 11.0. The standard InChI is InChI=1S/C31H26O3/c1-3-5-23-7-15-27(16-8-23)33-29-19-11-25(12-20-29)31(32)26-13-21-30(22-14-26)34-28-17-9-24(6-4-2)10-18-28/h3-4,7-22H,1-2,5-6H2. The Labute approximate surface area is 200 Å². The van der Waals surface area contributed by atoms with Crippen LogP contribution >= 0.6 is 0 Å². The average molecular weight is 447 g/mol. The molecule has 0 N–H and O–H groups in total. The van der Waals surface area contributed by atoms with Gasteiger partial charge in [0.1, 0.15) is 23.0 Å². The zero-order chi connectivity index (χ0) is 23.8. The summed E-state index contributed by atoms with van der Waals surface area (Å²) < 4.78 is 11.8. The maximum atomic E-state index is 12.9. The molecule has 4 rings (SSSR count). The quantitative estimate of drug-likeness (QED) is 0.183. The summed E-state index contributed by atoms with van der Waals surface area (Å²) in [5.41, 5.74) is 3.56. The lowest BCUT2D eigenvalue weighted by atomic mass is 10.0. The minimum absolute atomic E-state index is 0.0549. The van der Waals surface area contributed by atoms with E-state index in [1.165, 1.54) is 11.1 Å². The molecule has 0 atom stereocenters. The number of allylic oxidation sites excluding steroid dienone is 2. The monoisotopic (exact) mass is 446 g/mol. The number of ether oxygens (including phenoxy) is 2. The molecule has 0 amide bonds. The van der Waals surface area contributed by atoms with E-state index in [1.54, 1.807) is 48.5 Å². The molecular formula is C31H26O3. The largest absolute Gasteiger partial charge is 0.457 e. The Morgan fingerprint density at radius 1 is 0.529 bits per heavy atom. The van der Waals surface area contributed by atoms with Crippen LogP contribution in [0.2, 0.25) is 0 Å². The second-order valence-electron chi connectivity index (χ2n) is 7.86. The Balaban J connectivity index is 1.37. The molecule has 0 aromatic heterocycles. The smallest absolute Gasteiger partial charge is 0.193 e. The van der Waals surface area contributed by atoms with E-state index in [9.17, 15) is 4.79 Å². The predicted molar refractivity (Wildman–Crippen MR) is 137 cm³/mol. The van der Waals surface area contributed by atoms with Gasteiger partial charge in [0.25, 0.3) is 0 Å². The van der Waals surface area contributed by atoms with Crippen molar-refractivity contribution in [3.63, 3.8) is 0 Å². The predicted octanol–water partition coefficient (Wildman–Crippen LogP) is 7.96. The molecular weight excluding hydrogens is 420 g/mol. The highest BCUT2D eigenvalue weighted by Crippen LogP contribution is 2.25. The first kappa shape index (κ1) is 22.8. The van der Waals surface area contributed by atoms with Gasteiger partial charge in [-0.15, -0.1) is 13.2 Å². The number of hydrogen-bond acceptors (Lipinski definition) is 3. The number of carbonyl (C=O) groups is 1. The van der Waals surface area contributed by atoms with Crippen LogP contribution in [0.1, 0.15) is 27.0 Å². The van der Waals surface area contributed by atoms with Crippen LogP contribution in [-0.4, -0.2) is 5.78 Å². The summed E-state index contributed by atoms with van der Waals surface area (Å²) in [5.74, 6) is 2.79. The van der Waals surface area contributed by atoms with Crippen LogP contribution in [0.4, 0.5) is 0 Å². The minimum atomic E-state index is -0.0549. The van der Waals surface area contributed by atoms with Crippen molar-refractivity contribution >= 4 is 5.78 Å². The van der Waals surface area contributed by atoms with Crippen molar-refractivity contribution in [3.8, 4) is 23.0 Å². The van der Waals surface area contributed by atoms with Gasteiger partial charge >= 0.3 is 0 Å². The van der Waals surface area contributed by atoms with Gasteiger partial charge in [-0.05, 0) is 96.8 Å². The molecule has 0 saturated heterocycles. The highest BCUT2D eigenvalue weighted by Gasteiger charge is 2.10. The van der Waals surface area contributed by atoms with Gasteiger partial charge in [0.05, 0.1) is 0 Å². The van der Waals surface area contributed by atoms with E-state index >= 15 is 0 Å². The lowest BCUT2D eigenvalue weighted by Gasteiger charge is -2.09. The van der Waals surface area contributed by atoms with E-state index in [-0.39, 0.29) is 5.78 Å². The Morgan fingerprint density at radius 3 is 1.12 bits per heavy atom. The van der Waals surface area contributed by atoms with Gasteiger partial charge in [0, 0.05) is 11.1 Å². The molecule has 0 unspecified atom stereocenters. The first-order valence-electron chi connectivity index (χ1n) is 11.1. The van der Waals surface area contributed by atoms with E-state index in [2.05, 4.69) is 13.2 Å². The van der Waals surface area contributed by atoms with Gasteiger partial charge in [-0.3, -0.25) is 4.79 Å². The molecule has 168 valence electrons. The summed E-state index contributed by atoms with van der Waals surface area (Å²) in [7, 11) is 0. The SMILES string of the molecule is C=CCc1ccc(Oc2ccc(C(=O)c3ccc(Oc4ccc(CC=C)cc4)cc3)cc2)cc1. The Morgan fingerprint density at radius 2 is 0.824 bits per heavy atom. The molecule has 0 radical (unpaired) electrons. The normalized spacial score (nSPS) is 10.4. The number of hydrogen-bond donors (Lipinski definition) is 0. The van der Waals surface area contributed by atoms with Gasteiger partial charge in [-0.25, -0.2) is 0 Å². The molecule has 0 saturated carbocycles. The summed E-state index contributed by atoms with van der Waals surface area (Å²) >= 11 is 0. The molecule has 4 aromatic rings. The fraction of sp³-hybridized carbons (Fsp3) is 0.0645. The summed E-state index contributed by atoms with van der Waals surface area (Å²) in [5, 5.41) is 0. The first-order chi connectivity index (χ1) is 16.6. The Kier molecular flexibility index (Phi) is 7.36. The van der Waals surface area contributed by atoms with Gasteiger partial charge in [-0.1, -0.05) is 36.4 Å². The lowest BCUT2D eigenvalue weighted by Crippen LogP contribution is -2.01. The molecule has 0 fully saturated rings. The number of rotatable bonds is 10. The van der Waals surface area contributed by atoms with Gasteiger partial charge in [0.15, 0.2) is 5.78 Å². The molecule has 3 nitrogen and oxygen atoms in total. The second-order valence-corrected chi connectivity index (χ2v) is 7.86. The third kappa shape index (κ3) is 5.90. The Bertz CT molecular complexity index is 1150. The van der Waals surface area contributed by atoms with Crippen molar-refractivity contribution in [1.82, 2.24) is 0 Å². The van der Waals surface area contributed by atoms with Crippen LogP contribution in [0.15, 0.2) is 122 Å². The van der Waals surface area contributed by atoms with Crippen molar-refractivity contribution < 1.29 is 14.3 Å². The molecule has 4 aromatic carbocycles. The highest BCUT2D eigenvalue weighted by atomic mass is 16.5. The molecule has 0 spiro atoms. The zero-order valence-corrected chi connectivity index (χ0v) is 18.9. The number of ketones is 1. The van der Waals surface area contributed by atoms with Crippen LogP contribution in [0.25, 0.3) is 0 Å². The van der Waals surface area contributed by atoms with E-state index in [1.807, 2.05) is 60.7 Å². The number of benzene rings is 4. The maximum absolute atomic E-state index is 12.9. The van der Waals surface area contributed by atoms with Gasteiger partial charge in [0.2, 0.25) is 0 Å². The first-order valence-corrected chi connectivity index (χ1v) is 11.1. The summed E-state index contributed by atoms with van der Waals surface area (Å²) in [6.07, 6.45) is 5.39. The van der Waals surface area contributed by atoms with Crippen molar-refractivity contribution in [3.05, 3.63) is 145 Å². The summed E-state index contributed by atoms with van der Waals surface area (Å²) in [6, 6.07) is 30.1. The molecule has 0 heterocycles. The number of carbonyl (C=O) groups excluding carboxylic acids is 1. The van der Waals surface area contributed by atoms with E-state index < -0.39 is 0 Å². The van der Waals surface area contributed by atoms with E-state index in [0.29, 0.717) is 22.6 Å². The molecule has 34 heavy (non-hydrogen) atoms. The molecule has 3 heteroatoms. The third-order valence-electron chi connectivity index (χ3n) is 5.31. The molecule has 0 bridgehead atoms. The van der Waals surface area contributed by atoms with E-state index in [4.69, 9.17) is 9.47 Å². The van der Waals surface area contributed by atoms with Crippen molar-refractivity contribution in [2.45, 2.75) is 12.8 Å².